The quantitative estimate of drug-likeness (QED) is 0.524. The highest BCUT2D eigenvalue weighted by atomic mass is 32.2. The van der Waals surface area contributed by atoms with Crippen molar-refractivity contribution in [1.29, 1.82) is 0 Å². The van der Waals surface area contributed by atoms with E-state index in [1.54, 1.807) is 18.5 Å². The molecule has 2 aromatic rings. The van der Waals surface area contributed by atoms with Crippen LogP contribution in [-0.2, 0) is 0 Å². The molecular formula is C9H11N3O3S2. The second kappa shape index (κ2) is 4.63. The molecule has 0 saturated heterocycles. The summed E-state index contributed by atoms with van der Waals surface area (Å²) in [5, 5.41) is 22.4. The van der Waals surface area contributed by atoms with Crippen molar-refractivity contribution in [1.82, 2.24) is 9.38 Å². The topological polar surface area (TPSA) is 80.7 Å². The molecule has 17 heavy (non-hydrogen) atoms. The normalized spacial score (nSPS) is 15.0. The zero-order chi connectivity index (χ0) is 12.6. The molecular weight excluding hydrogens is 262 g/mol. The average Bonchev–Trinajstić information content (AvgIpc) is 2.75. The number of aliphatic hydroxyl groups excluding tert-OH is 1. The van der Waals surface area contributed by atoms with Gasteiger partial charge in [0.05, 0.1) is 6.10 Å². The summed E-state index contributed by atoms with van der Waals surface area (Å²) in [6.07, 6.45) is 1.08. The van der Waals surface area contributed by atoms with Gasteiger partial charge in [-0.2, -0.15) is 9.38 Å². The summed E-state index contributed by atoms with van der Waals surface area (Å²) < 4.78 is 1.46. The number of aliphatic hydroxyl groups is 1. The monoisotopic (exact) mass is 273 g/mol. The van der Waals surface area contributed by atoms with Crippen molar-refractivity contribution < 1.29 is 10.0 Å². The van der Waals surface area contributed by atoms with Gasteiger partial charge in [0.25, 0.3) is 4.96 Å². The third-order valence-corrected chi connectivity index (χ3v) is 4.38. The number of hydrogen-bond acceptors (Lipinski definition) is 6. The van der Waals surface area contributed by atoms with Gasteiger partial charge in [-0.3, -0.25) is 0 Å². The van der Waals surface area contributed by atoms with Crippen LogP contribution >= 0.6 is 23.1 Å². The Bertz CT molecular complexity index is 549. The van der Waals surface area contributed by atoms with Crippen molar-refractivity contribution in [2.75, 3.05) is 0 Å². The summed E-state index contributed by atoms with van der Waals surface area (Å²) in [6.45, 7) is 3.47. The molecule has 0 bridgehead atoms. The fraction of sp³-hybridized carbons (Fsp3) is 0.444. The van der Waals surface area contributed by atoms with Crippen LogP contribution in [0, 0.1) is 10.1 Å². The van der Waals surface area contributed by atoms with Crippen molar-refractivity contribution in [3.8, 4) is 0 Å². The Hall–Kier alpha value is -1.12. The summed E-state index contributed by atoms with van der Waals surface area (Å²) >= 11 is 2.57. The van der Waals surface area contributed by atoms with Crippen molar-refractivity contribution in [2.24, 2.45) is 0 Å². The van der Waals surface area contributed by atoms with Crippen LogP contribution in [0.1, 0.15) is 13.8 Å². The summed E-state index contributed by atoms with van der Waals surface area (Å²) in [5.74, 6) is -0.0289. The predicted octanol–water partition coefficient (Wildman–Crippen LogP) is 2.17. The maximum absolute atomic E-state index is 11.0. The number of imidazole rings is 1. The van der Waals surface area contributed by atoms with E-state index in [9.17, 15) is 15.2 Å². The SMILES string of the molecule is CC(O)C(C)Sc1nc2sccn2c1[N+](=O)[O-]. The Morgan fingerprint density at radius 1 is 1.65 bits per heavy atom. The molecule has 0 saturated carbocycles. The van der Waals surface area contributed by atoms with Gasteiger partial charge in [0.1, 0.15) is 6.20 Å². The molecule has 0 aliphatic carbocycles. The Balaban J connectivity index is 2.42. The maximum Gasteiger partial charge on any atom is 0.362 e. The Kier molecular flexibility index (Phi) is 3.36. The number of aromatic nitrogens is 2. The first-order chi connectivity index (χ1) is 8.00. The number of rotatable bonds is 4. The summed E-state index contributed by atoms with van der Waals surface area (Å²) in [7, 11) is 0. The van der Waals surface area contributed by atoms with E-state index in [0.717, 1.165) is 0 Å². The third-order valence-electron chi connectivity index (χ3n) is 2.36. The Morgan fingerprint density at radius 3 is 2.94 bits per heavy atom. The van der Waals surface area contributed by atoms with E-state index in [1.807, 2.05) is 6.92 Å². The summed E-state index contributed by atoms with van der Waals surface area (Å²) in [5.41, 5.74) is 0. The molecule has 2 aromatic heterocycles. The lowest BCUT2D eigenvalue weighted by Crippen LogP contribution is -2.15. The van der Waals surface area contributed by atoms with Crippen LogP contribution in [0.15, 0.2) is 16.6 Å². The van der Waals surface area contributed by atoms with Crippen molar-refractivity contribution in [3.63, 3.8) is 0 Å². The van der Waals surface area contributed by atoms with E-state index in [1.165, 1.54) is 27.5 Å². The first-order valence-corrected chi connectivity index (χ1v) is 6.71. The molecule has 2 unspecified atom stereocenters. The van der Waals surface area contributed by atoms with Crippen molar-refractivity contribution >= 4 is 33.9 Å². The number of thioether (sulfide) groups is 1. The largest absolute Gasteiger partial charge is 0.392 e. The van der Waals surface area contributed by atoms with Crippen LogP contribution in [0.5, 0.6) is 0 Å². The lowest BCUT2D eigenvalue weighted by atomic mass is 10.3. The minimum atomic E-state index is -0.542. The number of hydrogen-bond donors (Lipinski definition) is 1. The van der Waals surface area contributed by atoms with E-state index in [4.69, 9.17) is 0 Å². The summed E-state index contributed by atoms with van der Waals surface area (Å²) in [6, 6.07) is 0. The van der Waals surface area contributed by atoms with E-state index in [0.29, 0.717) is 9.99 Å². The van der Waals surface area contributed by atoms with Gasteiger partial charge in [-0.1, -0.05) is 30.0 Å². The molecule has 2 heterocycles. The number of nitro groups is 1. The molecule has 2 atom stereocenters. The van der Waals surface area contributed by atoms with Crippen molar-refractivity contribution in [2.45, 2.75) is 30.2 Å². The van der Waals surface area contributed by atoms with E-state index < -0.39 is 11.0 Å². The predicted molar refractivity (Wildman–Crippen MR) is 66.7 cm³/mol. The van der Waals surface area contributed by atoms with Gasteiger partial charge in [0.2, 0.25) is 0 Å². The molecule has 2 rings (SSSR count). The molecule has 0 fully saturated rings. The Morgan fingerprint density at radius 2 is 2.35 bits per heavy atom. The fourth-order valence-corrected chi connectivity index (χ4v) is 3.01. The molecule has 0 aliphatic heterocycles. The standard InChI is InChI=1S/C9H11N3O3S2/c1-5(13)6(2)17-7-8(12(14)15)11-3-4-16-9(11)10-7/h3-6,13H,1-2H3. The number of nitrogens with zero attached hydrogens (tertiary/aromatic N) is 3. The molecule has 1 N–H and O–H groups in total. The van der Waals surface area contributed by atoms with Crippen LogP contribution < -0.4 is 0 Å². The molecule has 0 aliphatic rings. The molecule has 8 heteroatoms. The van der Waals surface area contributed by atoms with Crippen LogP contribution in [0.4, 0.5) is 5.82 Å². The van der Waals surface area contributed by atoms with Gasteiger partial charge >= 0.3 is 5.82 Å². The maximum atomic E-state index is 11.0. The average molecular weight is 273 g/mol. The number of fused-ring (bicyclic) bond motifs is 1. The second-order valence-corrected chi connectivity index (χ2v) is 5.86. The zero-order valence-electron chi connectivity index (χ0n) is 9.23. The Labute approximate surface area is 105 Å². The van der Waals surface area contributed by atoms with Gasteiger partial charge < -0.3 is 15.2 Å². The lowest BCUT2D eigenvalue weighted by molar-refractivity contribution is -0.393. The lowest BCUT2D eigenvalue weighted by Gasteiger charge is -2.11. The van der Waals surface area contributed by atoms with Crippen LogP contribution in [-0.4, -0.2) is 30.8 Å². The zero-order valence-corrected chi connectivity index (χ0v) is 10.9. The highest BCUT2D eigenvalue weighted by Crippen LogP contribution is 2.34. The van der Waals surface area contributed by atoms with E-state index in [-0.39, 0.29) is 11.1 Å². The van der Waals surface area contributed by atoms with E-state index in [2.05, 4.69) is 4.98 Å². The highest BCUT2D eigenvalue weighted by Gasteiger charge is 2.26. The second-order valence-electron chi connectivity index (χ2n) is 3.62. The van der Waals surface area contributed by atoms with Gasteiger partial charge in [0.15, 0.2) is 5.03 Å². The summed E-state index contributed by atoms with van der Waals surface area (Å²) in [4.78, 5) is 15.4. The first-order valence-electron chi connectivity index (χ1n) is 4.95. The van der Waals surface area contributed by atoms with Crippen LogP contribution in [0.25, 0.3) is 4.96 Å². The molecule has 92 valence electrons. The van der Waals surface area contributed by atoms with Gasteiger partial charge in [-0.15, -0.1) is 0 Å². The minimum Gasteiger partial charge on any atom is -0.392 e. The number of thiazole rings is 1. The first kappa shape index (κ1) is 12.3. The van der Waals surface area contributed by atoms with Crippen LogP contribution in [0.3, 0.4) is 0 Å². The molecule has 6 nitrogen and oxygen atoms in total. The van der Waals surface area contributed by atoms with Gasteiger partial charge in [-0.05, 0) is 11.8 Å². The molecule has 0 amide bonds. The van der Waals surface area contributed by atoms with Crippen molar-refractivity contribution in [3.05, 3.63) is 21.7 Å². The molecule has 0 aromatic carbocycles. The highest BCUT2D eigenvalue weighted by molar-refractivity contribution is 8.00. The minimum absolute atomic E-state index is 0.0289. The fourth-order valence-electron chi connectivity index (χ4n) is 1.27. The molecule has 0 radical (unpaired) electrons. The van der Waals surface area contributed by atoms with Gasteiger partial charge in [0, 0.05) is 10.6 Å². The van der Waals surface area contributed by atoms with E-state index >= 15 is 0 Å². The third kappa shape index (κ3) is 2.28. The molecule has 0 spiro atoms. The smallest absolute Gasteiger partial charge is 0.362 e. The van der Waals surface area contributed by atoms with Gasteiger partial charge in [-0.25, -0.2) is 0 Å². The van der Waals surface area contributed by atoms with Crippen LogP contribution in [0.2, 0.25) is 0 Å².